The normalized spacial score (nSPS) is 15.5. The summed E-state index contributed by atoms with van der Waals surface area (Å²) in [4.78, 5) is 14.2. The fourth-order valence-corrected chi connectivity index (χ4v) is 4.49. The lowest BCUT2D eigenvalue weighted by Crippen LogP contribution is -2.45. The maximum absolute atomic E-state index is 12.5. The SMILES string of the molecule is Cc1cccc(C)c1-c1ccccc1C1(O)CCN(C(=O)OCc2ccccc2)CC1. The van der Waals surface area contributed by atoms with Crippen molar-refractivity contribution in [3.8, 4) is 11.1 Å². The van der Waals surface area contributed by atoms with E-state index in [1.807, 2.05) is 48.5 Å². The zero-order valence-electron chi connectivity index (χ0n) is 18.2. The van der Waals surface area contributed by atoms with Crippen molar-refractivity contribution in [1.82, 2.24) is 4.90 Å². The Morgan fingerprint density at radius 3 is 2.19 bits per heavy atom. The number of hydrogen-bond donors (Lipinski definition) is 1. The van der Waals surface area contributed by atoms with Gasteiger partial charge >= 0.3 is 6.09 Å². The van der Waals surface area contributed by atoms with E-state index in [1.165, 1.54) is 16.7 Å². The van der Waals surface area contributed by atoms with Gasteiger partial charge < -0.3 is 14.7 Å². The third-order valence-corrected chi connectivity index (χ3v) is 6.23. The first-order chi connectivity index (χ1) is 15.0. The van der Waals surface area contributed by atoms with Gasteiger partial charge in [-0.2, -0.15) is 0 Å². The molecule has 0 bridgehead atoms. The third kappa shape index (κ3) is 4.49. The Balaban J connectivity index is 1.49. The highest BCUT2D eigenvalue weighted by Gasteiger charge is 2.37. The van der Waals surface area contributed by atoms with Gasteiger partial charge in [0.05, 0.1) is 5.60 Å². The number of likely N-dealkylation sites (tertiary alicyclic amines) is 1. The standard InChI is InChI=1S/C27H29NO3/c1-20-9-8-10-21(2)25(20)23-13-6-7-14-24(23)27(30)15-17-28(18-16-27)26(29)31-19-22-11-4-3-5-12-22/h3-14,30H,15-19H2,1-2H3. The molecule has 1 amide bonds. The van der Waals surface area contributed by atoms with Crippen LogP contribution in [0.25, 0.3) is 11.1 Å². The number of ether oxygens (including phenoxy) is 1. The lowest BCUT2D eigenvalue weighted by atomic mass is 9.79. The summed E-state index contributed by atoms with van der Waals surface area (Å²) >= 11 is 0. The zero-order valence-corrected chi connectivity index (χ0v) is 18.2. The number of nitrogens with zero attached hydrogens (tertiary/aromatic N) is 1. The van der Waals surface area contributed by atoms with Gasteiger partial charge in [-0.1, -0.05) is 72.8 Å². The van der Waals surface area contributed by atoms with Crippen molar-refractivity contribution in [1.29, 1.82) is 0 Å². The maximum Gasteiger partial charge on any atom is 0.410 e. The quantitative estimate of drug-likeness (QED) is 0.604. The second kappa shape index (κ2) is 8.94. The number of amides is 1. The minimum Gasteiger partial charge on any atom is -0.445 e. The van der Waals surface area contributed by atoms with Crippen LogP contribution in [0.2, 0.25) is 0 Å². The molecule has 3 aromatic carbocycles. The van der Waals surface area contributed by atoms with Crippen LogP contribution in [-0.2, 0) is 16.9 Å². The van der Waals surface area contributed by atoms with E-state index in [2.05, 4.69) is 38.1 Å². The van der Waals surface area contributed by atoms with Gasteiger partial charge in [0.25, 0.3) is 0 Å². The van der Waals surface area contributed by atoms with Crippen molar-refractivity contribution in [2.45, 2.75) is 38.9 Å². The predicted molar refractivity (Wildman–Crippen MR) is 123 cm³/mol. The third-order valence-electron chi connectivity index (χ3n) is 6.23. The van der Waals surface area contributed by atoms with Gasteiger partial charge in [-0.05, 0) is 60.1 Å². The summed E-state index contributed by atoms with van der Waals surface area (Å²) in [7, 11) is 0. The fraction of sp³-hybridized carbons (Fsp3) is 0.296. The first kappa shape index (κ1) is 21.1. The lowest BCUT2D eigenvalue weighted by molar-refractivity contribution is -0.0250. The topological polar surface area (TPSA) is 49.8 Å². The lowest BCUT2D eigenvalue weighted by Gasteiger charge is -2.39. The second-order valence-electron chi connectivity index (χ2n) is 8.37. The van der Waals surface area contributed by atoms with Crippen LogP contribution in [-0.4, -0.2) is 29.2 Å². The van der Waals surface area contributed by atoms with Crippen LogP contribution in [0.15, 0.2) is 72.8 Å². The molecule has 4 heteroatoms. The zero-order chi connectivity index (χ0) is 21.8. The van der Waals surface area contributed by atoms with Crippen LogP contribution < -0.4 is 0 Å². The summed E-state index contributed by atoms with van der Waals surface area (Å²) in [5, 5.41) is 11.6. The van der Waals surface area contributed by atoms with Gasteiger partial charge in [0.2, 0.25) is 0 Å². The number of aryl methyl sites for hydroxylation is 2. The molecule has 1 aliphatic heterocycles. The van der Waals surface area contributed by atoms with Crippen molar-refractivity contribution < 1.29 is 14.6 Å². The Morgan fingerprint density at radius 1 is 0.903 bits per heavy atom. The van der Waals surface area contributed by atoms with Crippen molar-refractivity contribution in [3.63, 3.8) is 0 Å². The van der Waals surface area contributed by atoms with Crippen molar-refractivity contribution in [2.75, 3.05) is 13.1 Å². The predicted octanol–water partition coefficient (Wildman–Crippen LogP) is 5.59. The highest BCUT2D eigenvalue weighted by molar-refractivity contribution is 5.75. The summed E-state index contributed by atoms with van der Waals surface area (Å²) in [5.41, 5.74) is 5.56. The summed E-state index contributed by atoms with van der Waals surface area (Å²) in [6.45, 7) is 5.40. The van der Waals surface area contributed by atoms with E-state index in [-0.39, 0.29) is 12.7 Å². The molecular formula is C27H29NO3. The van der Waals surface area contributed by atoms with E-state index in [1.54, 1.807) is 4.90 Å². The molecule has 1 saturated heterocycles. The van der Waals surface area contributed by atoms with E-state index in [0.717, 1.165) is 16.7 Å². The summed E-state index contributed by atoms with van der Waals surface area (Å²) in [6.07, 6.45) is 0.638. The average molecular weight is 416 g/mol. The van der Waals surface area contributed by atoms with E-state index in [9.17, 15) is 9.90 Å². The molecule has 3 aromatic rings. The molecule has 0 radical (unpaired) electrons. The van der Waals surface area contributed by atoms with Crippen LogP contribution >= 0.6 is 0 Å². The van der Waals surface area contributed by atoms with Gasteiger partial charge in [-0.15, -0.1) is 0 Å². The Hall–Kier alpha value is -3.11. The molecule has 1 N–H and O–H groups in total. The molecule has 4 rings (SSSR count). The summed E-state index contributed by atoms with van der Waals surface area (Å²) in [5.74, 6) is 0. The summed E-state index contributed by atoms with van der Waals surface area (Å²) < 4.78 is 5.47. The number of piperidine rings is 1. The molecule has 1 fully saturated rings. The minimum atomic E-state index is -0.971. The number of carbonyl (C=O) groups is 1. The van der Waals surface area contributed by atoms with E-state index >= 15 is 0 Å². The molecule has 0 aromatic heterocycles. The highest BCUT2D eigenvalue weighted by atomic mass is 16.6. The van der Waals surface area contributed by atoms with Crippen molar-refractivity contribution in [2.24, 2.45) is 0 Å². The van der Waals surface area contributed by atoms with Crippen LogP contribution in [0.4, 0.5) is 4.79 Å². The van der Waals surface area contributed by atoms with Gasteiger partial charge in [0.1, 0.15) is 6.61 Å². The maximum atomic E-state index is 12.5. The molecule has 1 heterocycles. The number of aliphatic hydroxyl groups is 1. The van der Waals surface area contributed by atoms with E-state index in [4.69, 9.17) is 4.74 Å². The molecule has 0 saturated carbocycles. The first-order valence-electron chi connectivity index (χ1n) is 10.8. The molecule has 0 spiro atoms. The van der Waals surface area contributed by atoms with Crippen molar-refractivity contribution in [3.05, 3.63) is 95.1 Å². The van der Waals surface area contributed by atoms with Crippen LogP contribution in [0.3, 0.4) is 0 Å². The number of benzene rings is 3. The molecular weight excluding hydrogens is 386 g/mol. The molecule has 4 nitrogen and oxygen atoms in total. The highest BCUT2D eigenvalue weighted by Crippen LogP contribution is 2.40. The number of carbonyl (C=O) groups excluding carboxylic acids is 1. The number of hydrogen-bond acceptors (Lipinski definition) is 3. The Kier molecular flexibility index (Phi) is 6.10. The smallest absolute Gasteiger partial charge is 0.410 e. The molecule has 160 valence electrons. The Morgan fingerprint density at radius 2 is 1.52 bits per heavy atom. The summed E-state index contributed by atoms with van der Waals surface area (Å²) in [6, 6.07) is 24.0. The molecule has 0 aliphatic carbocycles. The van der Waals surface area contributed by atoms with Crippen molar-refractivity contribution >= 4 is 6.09 Å². The van der Waals surface area contributed by atoms with E-state index in [0.29, 0.717) is 25.9 Å². The van der Waals surface area contributed by atoms with Crippen LogP contribution in [0.1, 0.15) is 35.1 Å². The molecule has 0 atom stereocenters. The molecule has 1 aliphatic rings. The monoisotopic (exact) mass is 415 g/mol. The Labute approximate surface area is 184 Å². The Bertz CT molecular complexity index is 1030. The second-order valence-corrected chi connectivity index (χ2v) is 8.37. The first-order valence-corrected chi connectivity index (χ1v) is 10.8. The largest absolute Gasteiger partial charge is 0.445 e. The molecule has 0 unspecified atom stereocenters. The number of rotatable bonds is 4. The molecule has 31 heavy (non-hydrogen) atoms. The van der Waals surface area contributed by atoms with Gasteiger partial charge in [0.15, 0.2) is 0 Å². The average Bonchev–Trinajstić information content (AvgIpc) is 2.79. The fourth-order valence-electron chi connectivity index (χ4n) is 4.49. The van der Waals surface area contributed by atoms with E-state index < -0.39 is 5.60 Å². The van der Waals surface area contributed by atoms with Gasteiger partial charge in [0, 0.05) is 13.1 Å². The van der Waals surface area contributed by atoms with Crippen LogP contribution in [0, 0.1) is 13.8 Å². The van der Waals surface area contributed by atoms with Gasteiger partial charge in [-0.25, -0.2) is 4.79 Å². The minimum absolute atomic E-state index is 0.260. The van der Waals surface area contributed by atoms with Crippen LogP contribution in [0.5, 0.6) is 0 Å². The van der Waals surface area contributed by atoms with Gasteiger partial charge in [-0.3, -0.25) is 0 Å².